The molecule has 0 aliphatic heterocycles. The molecule has 0 saturated carbocycles. The first-order valence-corrected chi connectivity index (χ1v) is 6.29. The fourth-order valence-electron chi connectivity index (χ4n) is 1.80. The Balaban J connectivity index is 2.32. The van der Waals surface area contributed by atoms with Crippen LogP contribution in [0.15, 0.2) is 35.0 Å². The highest BCUT2D eigenvalue weighted by Crippen LogP contribution is 2.33. The van der Waals surface area contributed by atoms with Crippen molar-refractivity contribution in [3.8, 4) is 0 Å². The van der Waals surface area contributed by atoms with E-state index in [-0.39, 0.29) is 11.4 Å². The lowest BCUT2D eigenvalue weighted by atomic mass is 10.2. The first kappa shape index (κ1) is 12.4. The molecule has 0 spiro atoms. The molecule has 1 heterocycles. The monoisotopic (exact) mass is 263 g/mol. The number of nitro benzene ring substituents is 1. The predicted octanol–water partition coefficient (Wildman–Crippen LogP) is 2.87. The van der Waals surface area contributed by atoms with E-state index in [4.69, 9.17) is 5.73 Å². The van der Waals surface area contributed by atoms with Gasteiger partial charge in [-0.2, -0.15) is 11.3 Å². The second-order valence-electron chi connectivity index (χ2n) is 3.96. The Bertz CT molecular complexity index is 554. The largest absolute Gasteiger partial charge is 0.393 e. The van der Waals surface area contributed by atoms with Crippen molar-refractivity contribution in [2.45, 2.75) is 6.54 Å². The molecule has 0 bridgehead atoms. The van der Waals surface area contributed by atoms with Crippen molar-refractivity contribution in [3.63, 3.8) is 0 Å². The van der Waals surface area contributed by atoms with E-state index < -0.39 is 4.92 Å². The number of nitrogens with two attached hydrogens (primary N) is 1. The molecule has 2 rings (SSSR count). The summed E-state index contributed by atoms with van der Waals surface area (Å²) < 4.78 is 0. The van der Waals surface area contributed by atoms with Crippen LogP contribution < -0.4 is 10.6 Å². The van der Waals surface area contributed by atoms with E-state index >= 15 is 0 Å². The van der Waals surface area contributed by atoms with Gasteiger partial charge >= 0.3 is 5.69 Å². The van der Waals surface area contributed by atoms with Crippen molar-refractivity contribution in [3.05, 3.63) is 50.7 Å². The average Bonchev–Trinajstić information content (AvgIpc) is 2.80. The van der Waals surface area contributed by atoms with Gasteiger partial charge in [-0.3, -0.25) is 10.1 Å². The van der Waals surface area contributed by atoms with Gasteiger partial charge < -0.3 is 10.6 Å². The maximum atomic E-state index is 11.1. The summed E-state index contributed by atoms with van der Waals surface area (Å²) in [4.78, 5) is 12.4. The highest BCUT2D eigenvalue weighted by Gasteiger charge is 2.20. The number of thiophene rings is 1. The van der Waals surface area contributed by atoms with Gasteiger partial charge in [0.2, 0.25) is 0 Å². The number of hydrogen-bond acceptors (Lipinski definition) is 5. The van der Waals surface area contributed by atoms with Gasteiger partial charge in [0.15, 0.2) is 0 Å². The van der Waals surface area contributed by atoms with E-state index in [0.29, 0.717) is 12.2 Å². The van der Waals surface area contributed by atoms with Crippen LogP contribution in [0.5, 0.6) is 0 Å². The van der Waals surface area contributed by atoms with Gasteiger partial charge in [-0.25, -0.2) is 0 Å². The number of nitrogen functional groups attached to an aromatic ring is 1. The second-order valence-corrected chi connectivity index (χ2v) is 4.74. The molecular formula is C12H13N3O2S. The molecule has 6 heteroatoms. The first-order chi connectivity index (χ1) is 8.59. The first-order valence-electron chi connectivity index (χ1n) is 5.34. The van der Waals surface area contributed by atoms with Gasteiger partial charge in [-0.1, -0.05) is 6.07 Å². The zero-order valence-electron chi connectivity index (χ0n) is 9.87. The molecule has 18 heavy (non-hydrogen) atoms. The van der Waals surface area contributed by atoms with Crippen LogP contribution in [-0.4, -0.2) is 12.0 Å². The molecule has 2 N–H and O–H groups in total. The standard InChI is InChI=1S/C12H13N3O2S/c1-14(7-9-5-6-18-8-9)11-4-2-3-10(13)12(11)15(16)17/h2-6,8H,7,13H2,1H3. The molecular weight excluding hydrogens is 250 g/mol. The Kier molecular flexibility index (Phi) is 3.47. The number of anilines is 2. The zero-order valence-corrected chi connectivity index (χ0v) is 10.7. The van der Waals surface area contributed by atoms with Gasteiger partial charge in [0.05, 0.1) is 4.92 Å². The molecule has 1 aromatic carbocycles. The summed E-state index contributed by atoms with van der Waals surface area (Å²) in [6, 6.07) is 6.97. The molecule has 0 unspecified atom stereocenters. The number of nitro groups is 1. The fraction of sp³-hybridized carbons (Fsp3) is 0.167. The van der Waals surface area contributed by atoms with Crippen molar-refractivity contribution in [2.75, 3.05) is 17.7 Å². The number of hydrogen-bond donors (Lipinski definition) is 1. The van der Waals surface area contributed by atoms with Gasteiger partial charge in [0.1, 0.15) is 11.4 Å². The third-order valence-electron chi connectivity index (χ3n) is 2.64. The fourth-order valence-corrected chi connectivity index (χ4v) is 2.46. The molecule has 0 atom stereocenters. The summed E-state index contributed by atoms with van der Waals surface area (Å²) in [5.41, 5.74) is 7.48. The van der Waals surface area contributed by atoms with Crippen LogP contribution in [-0.2, 0) is 6.54 Å². The van der Waals surface area contributed by atoms with Crippen LogP contribution in [0, 0.1) is 10.1 Å². The van der Waals surface area contributed by atoms with E-state index in [0.717, 1.165) is 5.56 Å². The molecule has 94 valence electrons. The summed E-state index contributed by atoms with van der Waals surface area (Å²) >= 11 is 1.61. The molecule has 0 radical (unpaired) electrons. The minimum atomic E-state index is -0.436. The van der Waals surface area contributed by atoms with Crippen LogP contribution in [0.1, 0.15) is 5.56 Å². The second kappa shape index (κ2) is 5.05. The third kappa shape index (κ3) is 2.43. The average molecular weight is 263 g/mol. The van der Waals surface area contributed by atoms with Gasteiger partial charge in [0.25, 0.3) is 0 Å². The highest BCUT2D eigenvalue weighted by atomic mass is 32.1. The smallest absolute Gasteiger partial charge is 0.315 e. The molecule has 0 amide bonds. The lowest BCUT2D eigenvalue weighted by molar-refractivity contribution is -0.383. The van der Waals surface area contributed by atoms with Crippen LogP contribution in [0.2, 0.25) is 0 Å². The topological polar surface area (TPSA) is 72.4 Å². The normalized spacial score (nSPS) is 10.3. The minimum Gasteiger partial charge on any atom is -0.393 e. The van der Waals surface area contributed by atoms with E-state index in [1.54, 1.807) is 29.5 Å². The highest BCUT2D eigenvalue weighted by molar-refractivity contribution is 7.07. The van der Waals surface area contributed by atoms with Crippen molar-refractivity contribution >= 4 is 28.4 Å². The lowest BCUT2D eigenvalue weighted by Crippen LogP contribution is -2.17. The number of rotatable bonds is 4. The van der Waals surface area contributed by atoms with Crippen molar-refractivity contribution in [2.24, 2.45) is 0 Å². The van der Waals surface area contributed by atoms with Crippen LogP contribution >= 0.6 is 11.3 Å². The Morgan fingerprint density at radius 2 is 2.22 bits per heavy atom. The molecule has 0 saturated heterocycles. The van der Waals surface area contributed by atoms with Crippen molar-refractivity contribution in [1.29, 1.82) is 0 Å². The lowest BCUT2D eigenvalue weighted by Gasteiger charge is -2.19. The number of para-hydroxylation sites is 1. The quantitative estimate of drug-likeness (QED) is 0.523. The zero-order chi connectivity index (χ0) is 13.1. The summed E-state index contributed by atoms with van der Waals surface area (Å²) in [7, 11) is 1.82. The summed E-state index contributed by atoms with van der Waals surface area (Å²) in [5, 5.41) is 15.1. The van der Waals surface area contributed by atoms with Crippen molar-refractivity contribution < 1.29 is 4.92 Å². The number of nitrogens with zero attached hydrogens (tertiary/aromatic N) is 2. The maximum absolute atomic E-state index is 11.1. The van der Waals surface area contributed by atoms with Crippen LogP contribution in [0.25, 0.3) is 0 Å². The SMILES string of the molecule is CN(Cc1ccsc1)c1cccc(N)c1[N+](=O)[O-]. The Hall–Kier alpha value is -2.08. The molecule has 0 aliphatic rings. The molecule has 1 aromatic heterocycles. The molecule has 0 fully saturated rings. The Morgan fingerprint density at radius 1 is 1.44 bits per heavy atom. The van der Waals surface area contributed by atoms with Gasteiger partial charge in [-0.05, 0) is 34.5 Å². The van der Waals surface area contributed by atoms with Crippen LogP contribution in [0.4, 0.5) is 17.1 Å². The summed E-state index contributed by atoms with van der Waals surface area (Å²) in [6.07, 6.45) is 0. The Morgan fingerprint density at radius 3 is 2.83 bits per heavy atom. The van der Waals surface area contributed by atoms with Gasteiger partial charge in [0, 0.05) is 13.6 Å². The van der Waals surface area contributed by atoms with E-state index in [1.807, 2.05) is 28.8 Å². The number of benzene rings is 1. The minimum absolute atomic E-state index is 0.0322. The van der Waals surface area contributed by atoms with Crippen molar-refractivity contribution in [1.82, 2.24) is 0 Å². The maximum Gasteiger partial charge on any atom is 0.315 e. The van der Waals surface area contributed by atoms with E-state index in [1.165, 1.54) is 0 Å². The molecule has 0 aliphatic carbocycles. The van der Waals surface area contributed by atoms with E-state index in [9.17, 15) is 10.1 Å². The molecule has 2 aromatic rings. The summed E-state index contributed by atoms with van der Waals surface area (Å²) in [5.74, 6) is 0. The third-order valence-corrected chi connectivity index (χ3v) is 3.37. The Labute approximate surface area is 109 Å². The van der Waals surface area contributed by atoms with E-state index in [2.05, 4.69) is 0 Å². The van der Waals surface area contributed by atoms with Crippen LogP contribution in [0.3, 0.4) is 0 Å². The van der Waals surface area contributed by atoms with Gasteiger partial charge in [-0.15, -0.1) is 0 Å². The predicted molar refractivity (Wildman–Crippen MR) is 73.9 cm³/mol. The summed E-state index contributed by atoms with van der Waals surface area (Å²) in [6.45, 7) is 0.619. The molecule has 5 nitrogen and oxygen atoms in total.